The third kappa shape index (κ3) is 3.60. The fourth-order valence-electron chi connectivity index (χ4n) is 2.86. The number of hydrogen-bond acceptors (Lipinski definition) is 4. The van der Waals surface area contributed by atoms with Crippen LogP contribution in [0.2, 0.25) is 0 Å². The topological polar surface area (TPSA) is 67.4 Å². The molecular weight excluding hydrogens is 268 g/mol. The molecule has 2 N–H and O–H groups in total. The molecular formula is C13H23ClN2O3. The molecule has 6 heteroatoms. The molecule has 19 heavy (non-hydrogen) atoms. The lowest BCUT2D eigenvalue weighted by Crippen LogP contribution is -2.36. The Balaban J connectivity index is 0.00000180. The van der Waals surface area contributed by atoms with Gasteiger partial charge < -0.3 is 15.4 Å². The highest BCUT2D eigenvalue weighted by Gasteiger charge is 2.57. The Kier molecular flexibility index (Phi) is 5.62. The zero-order chi connectivity index (χ0) is 13.2. The summed E-state index contributed by atoms with van der Waals surface area (Å²) in [7, 11) is 1.37. The third-order valence-corrected chi connectivity index (χ3v) is 4.29. The van der Waals surface area contributed by atoms with Crippen molar-refractivity contribution in [3.8, 4) is 0 Å². The fourth-order valence-corrected chi connectivity index (χ4v) is 2.86. The van der Waals surface area contributed by atoms with Crippen molar-refractivity contribution in [2.75, 3.05) is 26.7 Å². The van der Waals surface area contributed by atoms with Gasteiger partial charge in [0.05, 0.1) is 13.0 Å². The van der Waals surface area contributed by atoms with Gasteiger partial charge in [-0.25, -0.2) is 0 Å². The second-order valence-electron chi connectivity index (χ2n) is 5.54. The van der Waals surface area contributed by atoms with Gasteiger partial charge in [0, 0.05) is 12.5 Å². The molecule has 2 atom stereocenters. The molecule has 1 saturated carbocycles. The predicted molar refractivity (Wildman–Crippen MR) is 74.1 cm³/mol. The van der Waals surface area contributed by atoms with Crippen LogP contribution < -0.4 is 10.6 Å². The number of carbonyl (C=O) groups is 2. The van der Waals surface area contributed by atoms with E-state index >= 15 is 0 Å². The number of carbonyl (C=O) groups excluding carboxylic acids is 2. The number of amides is 1. The Labute approximate surface area is 120 Å². The van der Waals surface area contributed by atoms with E-state index in [1.165, 1.54) is 7.11 Å². The van der Waals surface area contributed by atoms with E-state index in [-0.39, 0.29) is 41.5 Å². The molecule has 1 aliphatic carbocycles. The first-order valence-electron chi connectivity index (χ1n) is 6.65. The highest BCUT2D eigenvalue weighted by Crippen LogP contribution is 2.58. The largest absolute Gasteiger partial charge is 0.469 e. The number of piperidine rings is 1. The van der Waals surface area contributed by atoms with Gasteiger partial charge in [-0.15, -0.1) is 12.4 Å². The number of esters is 1. The van der Waals surface area contributed by atoms with E-state index in [1.807, 2.05) is 0 Å². The lowest BCUT2D eigenvalue weighted by atomic mass is 9.92. The second-order valence-corrected chi connectivity index (χ2v) is 5.54. The lowest BCUT2D eigenvalue weighted by molar-refractivity contribution is -0.144. The zero-order valence-electron chi connectivity index (χ0n) is 11.5. The minimum absolute atomic E-state index is 0. The zero-order valence-corrected chi connectivity index (χ0v) is 12.3. The molecule has 1 spiro atoms. The molecule has 2 unspecified atom stereocenters. The van der Waals surface area contributed by atoms with Crippen LogP contribution in [0.3, 0.4) is 0 Å². The highest BCUT2D eigenvalue weighted by molar-refractivity contribution is 5.85. The van der Waals surface area contributed by atoms with E-state index in [1.54, 1.807) is 6.92 Å². The Bertz CT molecular complexity index is 343. The first kappa shape index (κ1) is 16.2. The van der Waals surface area contributed by atoms with Gasteiger partial charge in [0.2, 0.25) is 5.91 Å². The van der Waals surface area contributed by atoms with E-state index in [4.69, 9.17) is 0 Å². The van der Waals surface area contributed by atoms with E-state index in [0.717, 1.165) is 32.4 Å². The van der Waals surface area contributed by atoms with Gasteiger partial charge in [-0.05, 0) is 37.8 Å². The average Bonchev–Trinajstić information content (AvgIpc) is 3.09. The summed E-state index contributed by atoms with van der Waals surface area (Å²) in [5, 5.41) is 6.19. The molecule has 5 nitrogen and oxygen atoms in total. The number of rotatable bonds is 4. The van der Waals surface area contributed by atoms with Crippen LogP contribution in [0, 0.1) is 17.3 Å². The normalized spacial score (nSPS) is 25.1. The number of methoxy groups -OCH3 is 1. The van der Waals surface area contributed by atoms with E-state index in [9.17, 15) is 9.59 Å². The van der Waals surface area contributed by atoms with E-state index in [0.29, 0.717) is 6.54 Å². The van der Waals surface area contributed by atoms with Crippen LogP contribution in [0.15, 0.2) is 0 Å². The maximum atomic E-state index is 12.0. The number of ether oxygens (including phenoxy) is 1. The molecule has 1 heterocycles. The van der Waals surface area contributed by atoms with Crippen molar-refractivity contribution >= 4 is 24.3 Å². The summed E-state index contributed by atoms with van der Waals surface area (Å²) < 4.78 is 4.63. The molecule has 1 aliphatic heterocycles. The second kappa shape index (κ2) is 6.57. The van der Waals surface area contributed by atoms with Crippen LogP contribution in [0.25, 0.3) is 0 Å². The Morgan fingerprint density at radius 2 is 2.05 bits per heavy atom. The molecule has 0 aromatic heterocycles. The van der Waals surface area contributed by atoms with Crippen molar-refractivity contribution in [3.63, 3.8) is 0 Å². The smallest absolute Gasteiger partial charge is 0.310 e. The molecule has 2 fully saturated rings. The number of nitrogens with one attached hydrogen (secondary N) is 2. The molecule has 110 valence electrons. The van der Waals surface area contributed by atoms with Gasteiger partial charge in [0.15, 0.2) is 0 Å². The quantitative estimate of drug-likeness (QED) is 0.749. The van der Waals surface area contributed by atoms with Crippen molar-refractivity contribution in [1.29, 1.82) is 0 Å². The molecule has 2 aliphatic rings. The minimum atomic E-state index is -0.276. The van der Waals surface area contributed by atoms with Crippen molar-refractivity contribution in [1.82, 2.24) is 10.6 Å². The summed E-state index contributed by atoms with van der Waals surface area (Å²) in [6.45, 7) is 4.17. The first-order chi connectivity index (χ1) is 8.59. The van der Waals surface area contributed by atoms with Crippen LogP contribution in [0.5, 0.6) is 0 Å². The van der Waals surface area contributed by atoms with Crippen LogP contribution in [-0.2, 0) is 14.3 Å². The SMILES string of the molecule is COC(=O)C(C)CNC(=O)C1CC12CCNCC2.Cl. The Morgan fingerprint density at radius 3 is 2.63 bits per heavy atom. The summed E-state index contributed by atoms with van der Waals surface area (Å²) in [4.78, 5) is 23.2. The molecule has 0 aromatic carbocycles. The van der Waals surface area contributed by atoms with E-state index < -0.39 is 0 Å². The number of hydrogen-bond donors (Lipinski definition) is 2. The number of halogens is 1. The fraction of sp³-hybridized carbons (Fsp3) is 0.846. The van der Waals surface area contributed by atoms with E-state index in [2.05, 4.69) is 15.4 Å². The first-order valence-corrected chi connectivity index (χ1v) is 6.65. The van der Waals surface area contributed by atoms with Crippen molar-refractivity contribution in [2.45, 2.75) is 26.2 Å². The van der Waals surface area contributed by atoms with Gasteiger partial charge in [-0.1, -0.05) is 6.92 Å². The minimum Gasteiger partial charge on any atom is -0.469 e. The van der Waals surface area contributed by atoms with Crippen molar-refractivity contribution < 1.29 is 14.3 Å². The van der Waals surface area contributed by atoms with Gasteiger partial charge in [0.1, 0.15) is 0 Å². The highest BCUT2D eigenvalue weighted by atomic mass is 35.5. The summed E-state index contributed by atoms with van der Waals surface area (Å²) in [5.41, 5.74) is 0.254. The van der Waals surface area contributed by atoms with Crippen molar-refractivity contribution in [2.24, 2.45) is 17.3 Å². The van der Waals surface area contributed by atoms with Gasteiger partial charge in [0.25, 0.3) is 0 Å². The summed E-state index contributed by atoms with van der Waals surface area (Å²) in [5.74, 6) is -0.290. The molecule has 1 amide bonds. The maximum Gasteiger partial charge on any atom is 0.310 e. The van der Waals surface area contributed by atoms with Gasteiger partial charge in [-0.3, -0.25) is 9.59 Å². The van der Waals surface area contributed by atoms with Gasteiger partial charge in [-0.2, -0.15) is 0 Å². The Morgan fingerprint density at radius 1 is 1.42 bits per heavy atom. The molecule has 0 aromatic rings. The van der Waals surface area contributed by atoms with Crippen LogP contribution in [-0.4, -0.2) is 38.6 Å². The standard InChI is InChI=1S/C13H22N2O3.ClH/c1-9(12(17)18-2)8-15-11(16)10-7-13(10)3-5-14-6-4-13;/h9-10,14H,3-8H2,1-2H3,(H,15,16);1H. The third-order valence-electron chi connectivity index (χ3n) is 4.29. The maximum absolute atomic E-state index is 12.0. The monoisotopic (exact) mass is 290 g/mol. The Hall–Kier alpha value is -0.810. The van der Waals surface area contributed by atoms with Gasteiger partial charge >= 0.3 is 5.97 Å². The molecule has 1 saturated heterocycles. The summed E-state index contributed by atoms with van der Waals surface area (Å²) >= 11 is 0. The molecule has 0 bridgehead atoms. The lowest BCUT2D eigenvalue weighted by Gasteiger charge is -2.23. The predicted octanol–water partition coefficient (Wildman–Crippen LogP) is 0.723. The van der Waals surface area contributed by atoms with Crippen molar-refractivity contribution in [3.05, 3.63) is 0 Å². The van der Waals surface area contributed by atoms with Crippen LogP contribution >= 0.6 is 12.4 Å². The average molecular weight is 291 g/mol. The summed E-state index contributed by atoms with van der Waals surface area (Å²) in [6, 6.07) is 0. The molecule has 2 rings (SSSR count). The summed E-state index contributed by atoms with van der Waals surface area (Å²) in [6.07, 6.45) is 3.20. The van der Waals surface area contributed by atoms with Crippen LogP contribution in [0.4, 0.5) is 0 Å². The molecule has 0 radical (unpaired) electrons. The van der Waals surface area contributed by atoms with Crippen LogP contribution in [0.1, 0.15) is 26.2 Å².